The molecule has 1 spiro atoms. The molecule has 2 aromatic rings. The van der Waals surface area contributed by atoms with Crippen LogP contribution in [-0.4, -0.2) is 70.3 Å². The van der Waals surface area contributed by atoms with E-state index in [0.29, 0.717) is 12.1 Å². The Kier molecular flexibility index (Phi) is 7.67. The van der Waals surface area contributed by atoms with Crippen LogP contribution in [0, 0.1) is 18.3 Å². The van der Waals surface area contributed by atoms with Crippen LogP contribution in [0.3, 0.4) is 0 Å². The predicted octanol–water partition coefficient (Wildman–Crippen LogP) is 2.58. The van der Waals surface area contributed by atoms with Gasteiger partial charge in [-0.1, -0.05) is 32.0 Å². The highest BCUT2D eigenvalue weighted by Gasteiger charge is 2.59. The summed E-state index contributed by atoms with van der Waals surface area (Å²) in [6, 6.07) is 7.65. The zero-order valence-corrected chi connectivity index (χ0v) is 22.3. The Morgan fingerprint density at radius 2 is 1.97 bits per heavy atom. The average molecular weight is 535 g/mol. The maximum absolute atomic E-state index is 14.0. The number of anilines is 1. The topological polar surface area (TPSA) is 116 Å². The van der Waals surface area contributed by atoms with Gasteiger partial charge in [-0.2, -0.15) is 0 Å². The van der Waals surface area contributed by atoms with Gasteiger partial charge in [0.1, 0.15) is 29.0 Å². The van der Waals surface area contributed by atoms with E-state index in [4.69, 9.17) is 6.57 Å². The summed E-state index contributed by atoms with van der Waals surface area (Å²) < 4.78 is 13.2. The summed E-state index contributed by atoms with van der Waals surface area (Å²) in [6.45, 7) is 13.1. The number of likely N-dealkylation sites (N-methyl/N-ethyl adjacent to an activating group) is 1. The zero-order valence-electron chi connectivity index (χ0n) is 22.3. The van der Waals surface area contributed by atoms with Crippen molar-refractivity contribution < 1.29 is 23.6 Å². The Morgan fingerprint density at radius 1 is 1.26 bits per heavy atom. The van der Waals surface area contributed by atoms with Gasteiger partial charge in [0, 0.05) is 19.3 Å². The van der Waals surface area contributed by atoms with Crippen molar-refractivity contribution in [3.63, 3.8) is 0 Å². The van der Waals surface area contributed by atoms with Gasteiger partial charge >= 0.3 is 6.17 Å². The molecular weight excluding hydrogens is 503 g/mol. The Hall–Kier alpha value is -4.33. The first-order chi connectivity index (χ1) is 18.5. The van der Waals surface area contributed by atoms with Gasteiger partial charge in [0.2, 0.25) is 11.8 Å². The molecule has 1 saturated heterocycles. The summed E-state index contributed by atoms with van der Waals surface area (Å²) in [5.74, 6) is -2.40. The van der Waals surface area contributed by atoms with Crippen LogP contribution >= 0.6 is 0 Å². The molecule has 1 aromatic carbocycles. The number of hydrogen-bond acceptors (Lipinski definition) is 5. The van der Waals surface area contributed by atoms with E-state index < -0.39 is 47.2 Å². The van der Waals surface area contributed by atoms with Gasteiger partial charge in [-0.3, -0.25) is 28.9 Å². The van der Waals surface area contributed by atoms with Gasteiger partial charge < -0.3 is 15.5 Å². The van der Waals surface area contributed by atoms with Crippen molar-refractivity contribution in [3.8, 4) is 0 Å². The van der Waals surface area contributed by atoms with Crippen molar-refractivity contribution >= 4 is 29.3 Å². The molecule has 1 fully saturated rings. The molecule has 0 aliphatic carbocycles. The Balaban J connectivity index is 1.55. The normalized spacial score (nSPS) is 21.2. The van der Waals surface area contributed by atoms with Crippen LogP contribution in [0.4, 0.5) is 10.1 Å². The van der Waals surface area contributed by atoms with Gasteiger partial charge in [-0.15, -0.1) is 0 Å². The van der Waals surface area contributed by atoms with Crippen molar-refractivity contribution in [2.75, 3.05) is 18.9 Å². The highest BCUT2D eigenvalue weighted by Crippen LogP contribution is 2.47. The van der Waals surface area contributed by atoms with Crippen LogP contribution in [-0.2, 0) is 19.8 Å². The standard InChI is InChI=1S/C28H31FN6O4/c1-16(2)12-22(34(5)25(37)17(3)32-24(36)21-11-10-18(29)14-31-21)26(38)35-15-28(13-23(35)30-4)19-8-6-7-9-20(19)33-27(28)39/h6-11,14,16-17,22-23H,12-13,15H2,1-3,5H3,(H,32,36)(H,33,39)/t17-,22-,23-,28-/m0/s1. The third-order valence-electron chi connectivity index (χ3n) is 7.36. The number of aromatic nitrogens is 1. The second kappa shape index (κ2) is 10.8. The first-order valence-corrected chi connectivity index (χ1v) is 12.8. The van der Waals surface area contributed by atoms with Gasteiger partial charge in [0.25, 0.3) is 11.8 Å². The fourth-order valence-corrected chi connectivity index (χ4v) is 5.32. The molecule has 39 heavy (non-hydrogen) atoms. The lowest BCUT2D eigenvalue weighted by molar-refractivity contribution is -0.146. The third kappa shape index (κ3) is 5.19. The van der Waals surface area contributed by atoms with Crippen molar-refractivity contribution in [2.45, 2.75) is 57.3 Å². The summed E-state index contributed by atoms with van der Waals surface area (Å²) in [6.07, 6.45) is 0.519. The summed E-state index contributed by atoms with van der Waals surface area (Å²) >= 11 is 0. The number of halogens is 1. The van der Waals surface area contributed by atoms with Crippen molar-refractivity contribution in [3.05, 3.63) is 71.1 Å². The molecule has 0 unspecified atom stereocenters. The van der Waals surface area contributed by atoms with Crippen molar-refractivity contribution in [2.24, 2.45) is 5.92 Å². The number of benzene rings is 1. The number of pyridine rings is 1. The van der Waals surface area contributed by atoms with Crippen molar-refractivity contribution in [1.29, 1.82) is 0 Å². The number of carbonyl (C=O) groups excluding carboxylic acids is 4. The number of para-hydroxylation sites is 1. The second-order valence-electron chi connectivity index (χ2n) is 10.5. The van der Waals surface area contributed by atoms with Gasteiger partial charge in [-0.05, 0) is 43.0 Å². The van der Waals surface area contributed by atoms with E-state index in [9.17, 15) is 23.6 Å². The fourth-order valence-electron chi connectivity index (χ4n) is 5.32. The number of nitrogens with one attached hydrogen (secondary N) is 2. The minimum atomic E-state index is -1.03. The molecule has 3 heterocycles. The SMILES string of the molecule is [C-]#[N+][C@@H]1C[C@@]2(CN1C(=O)[C@H](CC(C)C)N(C)C(=O)[C@H](C)NC(=O)c1ccc(F)cn1)C(=O)Nc1ccccc12. The minimum Gasteiger partial charge on any atom is -0.339 e. The maximum atomic E-state index is 14.0. The monoisotopic (exact) mass is 534 g/mol. The van der Waals surface area contributed by atoms with Crippen LogP contribution in [0.15, 0.2) is 42.6 Å². The molecule has 4 amide bonds. The summed E-state index contributed by atoms with van der Waals surface area (Å²) in [4.78, 5) is 63.1. The Bertz CT molecular complexity index is 1340. The van der Waals surface area contributed by atoms with E-state index in [0.717, 1.165) is 17.8 Å². The van der Waals surface area contributed by atoms with Crippen LogP contribution in [0.2, 0.25) is 0 Å². The molecule has 11 heteroatoms. The summed E-state index contributed by atoms with van der Waals surface area (Å²) in [5, 5.41) is 5.42. The van der Waals surface area contributed by atoms with Crippen molar-refractivity contribution in [1.82, 2.24) is 20.1 Å². The Labute approximate surface area is 226 Å². The zero-order chi connectivity index (χ0) is 28.5. The number of nitrogens with zero attached hydrogens (tertiary/aromatic N) is 4. The van der Waals surface area contributed by atoms with Gasteiger partial charge in [0.15, 0.2) is 0 Å². The average Bonchev–Trinajstić information content (AvgIpc) is 3.44. The lowest BCUT2D eigenvalue weighted by Gasteiger charge is -2.33. The lowest BCUT2D eigenvalue weighted by atomic mass is 9.80. The minimum absolute atomic E-state index is 0.0286. The quantitative estimate of drug-likeness (QED) is 0.530. The molecule has 0 saturated carbocycles. The lowest BCUT2D eigenvalue weighted by Crippen LogP contribution is -2.55. The molecule has 4 rings (SSSR count). The summed E-state index contributed by atoms with van der Waals surface area (Å²) in [7, 11) is 1.49. The van der Waals surface area contributed by atoms with Crippen LogP contribution in [0.5, 0.6) is 0 Å². The molecule has 4 atom stereocenters. The molecule has 2 N–H and O–H groups in total. The molecular formula is C28H31FN6O4. The van der Waals surface area contributed by atoms with Crippen LogP contribution in [0.1, 0.15) is 49.7 Å². The third-order valence-corrected chi connectivity index (χ3v) is 7.36. The molecule has 2 aliphatic rings. The Morgan fingerprint density at radius 3 is 2.62 bits per heavy atom. The smallest absolute Gasteiger partial charge is 0.302 e. The van der Waals surface area contributed by atoms with Crippen LogP contribution in [0.25, 0.3) is 4.85 Å². The first-order valence-electron chi connectivity index (χ1n) is 12.8. The fraction of sp³-hybridized carbons (Fsp3) is 0.429. The number of likely N-dealkylation sites (tertiary alicyclic amines) is 1. The molecule has 0 radical (unpaired) electrons. The summed E-state index contributed by atoms with van der Waals surface area (Å²) in [5.41, 5.74) is 0.350. The van der Waals surface area contributed by atoms with E-state index in [1.165, 1.54) is 29.8 Å². The molecule has 204 valence electrons. The number of amides is 4. The van der Waals surface area contributed by atoms with Gasteiger partial charge in [-0.25, -0.2) is 15.9 Å². The molecule has 0 bridgehead atoms. The largest absolute Gasteiger partial charge is 0.339 e. The van der Waals surface area contributed by atoms with E-state index >= 15 is 0 Å². The number of rotatable bonds is 7. The highest BCUT2D eigenvalue weighted by molar-refractivity contribution is 6.07. The highest BCUT2D eigenvalue weighted by atomic mass is 19.1. The van der Waals surface area contributed by atoms with E-state index in [1.54, 1.807) is 6.07 Å². The first kappa shape index (κ1) is 27.7. The van der Waals surface area contributed by atoms with E-state index in [1.807, 2.05) is 32.0 Å². The second-order valence-corrected chi connectivity index (χ2v) is 10.5. The van der Waals surface area contributed by atoms with Gasteiger partial charge in [0.05, 0.1) is 12.6 Å². The predicted molar refractivity (Wildman–Crippen MR) is 141 cm³/mol. The van der Waals surface area contributed by atoms with Crippen LogP contribution < -0.4 is 10.6 Å². The molecule has 10 nitrogen and oxygen atoms in total. The van der Waals surface area contributed by atoms with E-state index in [2.05, 4.69) is 20.5 Å². The molecule has 1 aromatic heterocycles. The molecule has 2 aliphatic heterocycles. The number of carbonyl (C=O) groups is 4. The maximum Gasteiger partial charge on any atom is 0.302 e. The number of hydrogen-bond donors (Lipinski definition) is 2. The number of fused-ring (bicyclic) bond motifs is 2. The van der Waals surface area contributed by atoms with E-state index in [-0.39, 0.29) is 30.5 Å².